The van der Waals surface area contributed by atoms with Crippen molar-refractivity contribution in [2.75, 3.05) is 19.9 Å². The molecule has 0 atom stereocenters. The Kier molecular flexibility index (Phi) is 2.98. The van der Waals surface area contributed by atoms with Crippen LogP contribution >= 0.6 is 23.4 Å². The van der Waals surface area contributed by atoms with Crippen molar-refractivity contribution < 1.29 is 9.53 Å². The highest BCUT2D eigenvalue weighted by Crippen LogP contribution is 2.39. The van der Waals surface area contributed by atoms with Crippen molar-refractivity contribution in [3.05, 3.63) is 27.6 Å². The van der Waals surface area contributed by atoms with Gasteiger partial charge in [0.05, 0.1) is 17.8 Å². The fraction of sp³-hybridized carbons (Fsp3) is 0.385. The SMILES string of the molecule is COC1=C(Cl)C2=NCCc3c2c(n(C)c3SC)C1=O. The number of hydrogen-bond donors (Lipinski definition) is 0. The van der Waals surface area contributed by atoms with Gasteiger partial charge >= 0.3 is 0 Å². The number of aromatic nitrogens is 1. The molecule has 0 saturated heterocycles. The first-order valence-corrected chi connectivity index (χ1v) is 7.51. The van der Waals surface area contributed by atoms with Gasteiger partial charge in [-0.25, -0.2) is 0 Å². The lowest BCUT2D eigenvalue weighted by molar-refractivity contribution is 0.0942. The first-order valence-electron chi connectivity index (χ1n) is 5.91. The molecule has 4 nitrogen and oxygen atoms in total. The number of nitrogens with zero attached hydrogens (tertiary/aromatic N) is 2. The van der Waals surface area contributed by atoms with E-state index in [0.717, 1.165) is 17.0 Å². The Morgan fingerprint density at radius 3 is 2.84 bits per heavy atom. The number of allylic oxidation sites excluding steroid dienone is 2. The molecule has 0 bridgehead atoms. The maximum Gasteiger partial charge on any atom is 0.246 e. The molecule has 0 radical (unpaired) electrons. The minimum absolute atomic E-state index is 0.160. The smallest absolute Gasteiger partial charge is 0.246 e. The summed E-state index contributed by atoms with van der Waals surface area (Å²) in [6, 6.07) is 0. The summed E-state index contributed by atoms with van der Waals surface area (Å²) < 4.78 is 7.10. The number of thioether (sulfide) groups is 1. The second kappa shape index (κ2) is 4.42. The van der Waals surface area contributed by atoms with E-state index in [4.69, 9.17) is 16.3 Å². The van der Waals surface area contributed by atoms with Gasteiger partial charge in [0.25, 0.3) is 0 Å². The molecule has 19 heavy (non-hydrogen) atoms. The highest BCUT2D eigenvalue weighted by atomic mass is 35.5. The summed E-state index contributed by atoms with van der Waals surface area (Å²) in [4.78, 5) is 17.0. The maximum absolute atomic E-state index is 12.5. The number of rotatable bonds is 2. The van der Waals surface area contributed by atoms with Crippen LogP contribution in [0.1, 0.15) is 21.6 Å². The van der Waals surface area contributed by atoms with Crippen molar-refractivity contribution in [2.24, 2.45) is 12.0 Å². The summed E-state index contributed by atoms with van der Waals surface area (Å²) in [7, 11) is 3.37. The average Bonchev–Trinajstić information content (AvgIpc) is 2.69. The molecule has 0 N–H and O–H groups in total. The Morgan fingerprint density at radius 1 is 1.47 bits per heavy atom. The molecule has 6 heteroatoms. The van der Waals surface area contributed by atoms with Crippen LogP contribution in [0.5, 0.6) is 0 Å². The van der Waals surface area contributed by atoms with Crippen LogP contribution in [-0.4, -0.2) is 36.0 Å². The quantitative estimate of drug-likeness (QED) is 0.787. The van der Waals surface area contributed by atoms with Gasteiger partial charge in [0, 0.05) is 19.2 Å². The molecule has 0 unspecified atom stereocenters. The Bertz CT molecular complexity index is 658. The Morgan fingerprint density at radius 2 is 2.21 bits per heavy atom. The third-order valence-corrected chi connectivity index (χ3v) is 4.79. The van der Waals surface area contributed by atoms with Gasteiger partial charge < -0.3 is 9.30 Å². The van der Waals surface area contributed by atoms with Gasteiger partial charge in [0.2, 0.25) is 5.78 Å². The third-order valence-electron chi connectivity index (χ3n) is 3.53. The Labute approximate surface area is 120 Å². The normalized spacial score (nSPS) is 17.5. The molecule has 2 aliphatic rings. The molecule has 1 aromatic heterocycles. The molecule has 0 fully saturated rings. The summed E-state index contributed by atoms with van der Waals surface area (Å²) in [5, 5.41) is 1.44. The second-order valence-corrected chi connectivity index (χ2v) is 5.60. The number of hydrogen-bond acceptors (Lipinski definition) is 4. The predicted octanol–water partition coefficient (Wildman–Crippen LogP) is 2.39. The van der Waals surface area contributed by atoms with E-state index in [0.29, 0.717) is 23.0 Å². The van der Waals surface area contributed by atoms with E-state index in [9.17, 15) is 4.79 Å². The summed E-state index contributed by atoms with van der Waals surface area (Å²) in [6.45, 7) is 0.695. The van der Waals surface area contributed by atoms with Gasteiger partial charge in [-0.3, -0.25) is 9.79 Å². The van der Waals surface area contributed by atoms with Gasteiger partial charge in [0.1, 0.15) is 10.7 Å². The van der Waals surface area contributed by atoms with Gasteiger partial charge in [-0.15, -0.1) is 11.8 Å². The van der Waals surface area contributed by atoms with Crippen LogP contribution < -0.4 is 0 Å². The summed E-state index contributed by atoms with van der Waals surface area (Å²) in [5.74, 6) is 0.0296. The molecule has 1 aliphatic carbocycles. The molecule has 1 aliphatic heterocycles. The van der Waals surface area contributed by atoms with Gasteiger partial charge in [-0.2, -0.15) is 0 Å². The number of aliphatic imine (C=N–C) groups is 1. The van der Waals surface area contributed by atoms with Crippen LogP contribution in [0.2, 0.25) is 0 Å². The molecule has 3 rings (SSSR count). The van der Waals surface area contributed by atoms with Crippen LogP contribution in [0.3, 0.4) is 0 Å². The van der Waals surface area contributed by atoms with E-state index >= 15 is 0 Å². The van der Waals surface area contributed by atoms with Gasteiger partial charge in [-0.05, 0) is 18.2 Å². The molecule has 0 saturated carbocycles. The first-order chi connectivity index (χ1) is 9.11. The minimum atomic E-state index is -0.160. The molecule has 1 aromatic rings. The fourth-order valence-corrected chi connectivity index (χ4v) is 3.90. The van der Waals surface area contributed by atoms with Crippen molar-refractivity contribution in [1.82, 2.24) is 4.57 Å². The zero-order valence-electron chi connectivity index (χ0n) is 10.9. The highest BCUT2D eigenvalue weighted by Gasteiger charge is 2.38. The number of ether oxygens (including phenoxy) is 1. The summed E-state index contributed by atoms with van der Waals surface area (Å²) in [6.07, 6.45) is 2.86. The van der Waals surface area contributed by atoms with Gasteiger partial charge in [-0.1, -0.05) is 11.6 Å². The molecule has 100 valence electrons. The lowest BCUT2D eigenvalue weighted by Gasteiger charge is -2.21. The number of halogens is 1. The summed E-state index contributed by atoms with van der Waals surface area (Å²) in [5.41, 5.74) is 3.41. The number of Topliss-reactive ketones (excluding diaryl/α,β-unsaturated/α-hetero) is 1. The standard InChI is InChI=1S/C13H13ClN2O2S/c1-16-10-7-6(13(16)19-3)4-5-15-9(7)8(14)12(18-2)11(10)17/h4-5H2,1-3H3. The van der Waals surface area contributed by atoms with Crippen LogP contribution in [0, 0.1) is 0 Å². The lowest BCUT2D eigenvalue weighted by Crippen LogP contribution is -2.25. The number of carbonyl (C=O) groups is 1. The van der Waals surface area contributed by atoms with Gasteiger partial charge in [0.15, 0.2) is 5.76 Å². The van der Waals surface area contributed by atoms with Crippen molar-refractivity contribution in [3.8, 4) is 0 Å². The first kappa shape index (κ1) is 12.8. The zero-order chi connectivity index (χ0) is 13.7. The predicted molar refractivity (Wildman–Crippen MR) is 76.5 cm³/mol. The van der Waals surface area contributed by atoms with Crippen molar-refractivity contribution >= 4 is 34.9 Å². The van der Waals surface area contributed by atoms with Crippen molar-refractivity contribution in [1.29, 1.82) is 0 Å². The lowest BCUT2D eigenvalue weighted by atomic mass is 9.93. The van der Waals surface area contributed by atoms with E-state index in [2.05, 4.69) is 4.99 Å². The highest BCUT2D eigenvalue weighted by molar-refractivity contribution is 7.98. The molecule has 0 amide bonds. The second-order valence-electron chi connectivity index (χ2n) is 4.43. The molecule has 0 aromatic carbocycles. The van der Waals surface area contributed by atoms with E-state index < -0.39 is 0 Å². The third kappa shape index (κ3) is 1.55. The van der Waals surface area contributed by atoms with Crippen molar-refractivity contribution in [3.63, 3.8) is 0 Å². The molecular formula is C13H13ClN2O2S. The van der Waals surface area contributed by atoms with Crippen LogP contribution in [-0.2, 0) is 18.2 Å². The van der Waals surface area contributed by atoms with E-state index in [1.165, 1.54) is 12.7 Å². The van der Waals surface area contributed by atoms with Crippen LogP contribution in [0.15, 0.2) is 20.8 Å². The Balaban J connectivity index is 2.37. The Hall–Kier alpha value is -1.20. The molecular weight excluding hydrogens is 284 g/mol. The molecule has 2 heterocycles. The monoisotopic (exact) mass is 296 g/mol. The van der Waals surface area contributed by atoms with E-state index in [1.807, 2.05) is 17.9 Å². The van der Waals surface area contributed by atoms with Crippen LogP contribution in [0.4, 0.5) is 0 Å². The zero-order valence-corrected chi connectivity index (χ0v) is 12.5. The van der Waals surface area contributed by atoms with Crippen molar-refractivity contribution in [2.45, 2.75) is 11.4 Å². The van der Waals surface area contributed by atoms with E-state index in [1.54, 1.807) is 11.8 Å². The van der Waals surface area contributed by atoms with E-state index in [-0.39, 0.29) is 11.5 Å². The molecule has 0 spiro atoms. The maximum atomic E-state index is 12.5. The number of carbonyl (C=O) groups excluding carboxylic acids is 1. The fourth-order valence-electron chi connectivity index (χ4n) is 2.77. The largest absolute Gasteiger partial charge is 0.491 e. The summed E-state index contributed by atoms with van der Waals surface area (Å²) >= 11 is 7.91. The number of methoxy groups -OCH3 is 1. The number of ketones is 1. The average molecular weight is 297 g/mol. The topological polar surface area (TPSA) is 43.6 Å². The minimum Gasteiger partial charge on any atom is -0.491 e. The van der Waals surface area contributed by atoms with Crippen LogP contribution in [0.25, 0.3) is 0 Å².